The van der Waals surface area contributed by atoms with Gasteiger partial charge < -0.3 is 10.6 Å². The Morgan fingerprint density at radius 1 is 1.50 bits per heavy atom. The zero-order chi connectivity index (χ0) is 13.6. The molecule has 1 rings (SSSR count). The molecule has 0 bridgehead atoms. The lowest BCUT2D eigenvalue weighted by Gasteiger charge is -2.26. The molecular formula is C14H25N3S. The predicted molar refractivity (Wildman–Crippen MR) is 81.6 cm³/mol. The molecular weight excluding hydrogens is 242 g/mol. The van der Waals surface area contributed by atoms with Gasteiger partial charge >= 0.3 is 0 Å². The Kier molecular flexibility index (Phi) is 5.66. The van der Waals surface area contributed by atoms with Gasteiger partial charge in [-0.3, -0.25) is 4.99 Å². The van der Waals surface area contributed by atoms with Gasteiger partial charge in [-0.25, -0.2) is 0 Å². The van der Waals surface area contributed by atoms with Crippen LogP contribution in [-0.4, -0.2) is 25.6 Å². The Labute approximate surface area is 115 Å². The summed E-state index contributed by atoms with van der Waals surface area (Å²) in [4.78, 5) is 5.66. The van der Waals surface area contributed by atoms with Crippen molar-refractivity contribution in [2.24, 2.45) is 4.99 Å². The largest absolute Gasteiger partial charge is 0.356 e. The second-order valence-electron chi connectivity index (χ2n) is 5.24. The van der Waals surface area contributed by atoms with Crippen LogP contribution in [0.2, 0.25) is 0 Å². The zero-order valence-electron chi connectivity index (χ0n) is 12.1. The van der Waals surface area contributed by atoms with Gasteiger partial charge in [0.05, 0.1) is 0 Å². The first kappa shape index (κ1) is 15.0. The molecule has 3 nitrogen and oxygen atoms in total. The zero-order valence-corrected chi connectivity index (χ0v) is 12.9. The minimum atomic E-state index is 0.126. The molecule has 0 radical (unpaired) electrons. The standard InChI is InChI=1S/C14H25N3S/c1-6-11(2)17-13(15-5)16-10-14(3,4)12-8-7-9-18-12/h7-9,11H,6,10H2,1-5H3,(H2,15,16,17). The van der Waals surface area contributed by atoms with Crippen molar-refractivity contribution >= 4 is 17.3 Å². The fourth-order valence-corrected chi connectivity index (χ4v) is 2.44. The molecule has 0 aromatic carbocycles. The third kappa shape index (κ3) is 4.33. The van der Waals surface area contributed by atoms with Crippen LogP contribution in [0, 0.1) is 0 Å². The van der Waals surface area contributed by atoms with Crippen LogP contribution >= 0.6 is 11.3 Å². The van der Waals surface area contributed by atoms with Gasteiger partial charge in [-0.2, -0.15) is 0 Å². The highest BCUT2D eigenvalue weighted by atomic mass is 32.1. The van der Waals surface area contributed by atoms with E-state index in [1.54, 1.807) is 0 Å². The monoisotopic (exact) mass is 267 g/mol. The van der Waals surface area contributed by atoms with E-state index < -0.39 is 0 Å². The van der Waals surface area contributed by atoms with Gasteiger partial charge in [0.25, 0.3) is 0 Å². The summed E-state index contributed by atoms with van der Waals surface area (Å²) in [5, 5.41) is 8.91. The van der Waals surface area contributed by atoms with E-state index in [2.05, 4.69) is 60.8 Å². The lowest BCUT2D eigenvalue weighted by atomic mass is 9.91. The van der Waals surface area contributed by atoms with E-state index in [-0.39, 0.29) is 5.41 Å². The van der Waals surface area contributed by atoms with Crippen LogP contribution in [0.1, 0.15) is 39.0 Å². The number of nitrogens with one attached hydrogen (secondary N) is 2. The van der Waals surface area contributed by atoms with E-state index in [0.717, 1.165) is 18.9 Å². The third-order valence-electron chi connectivity index (χ3n) is 3.11. The first-order valence-corrected chi connectivity index (χ1v) is 7.38. The molecule has 4 heteroatoms. The normalized spacial score (nSPS) is 14.4. The average Bonchev–Trinajstić information content (AvgIpc) is 2.88. The van der Waals surface area contributed by atoms with E-state index in [9.17, 15) is 0 Å². The van der Waals surface area contributed by atoms with Crippen molar-refractivity contribution in [1.82, 2.24) is 10.6 Å². The Bertz CT molecular complexity index is 368. The second-order valence-corrected chi connectivity index (χ2v) is 6.19. The second kappa shape index (κ2) is 6.78. The highest BCUT2D eigenvalue weighted by molar-refractivity contribution is 7.10. The maximum atomic E-state index is 4.26. The van der Waals surface area contributed by atoms with E-state index in [4.69, 9.17) is 0 Å². The summed E-state index contributed by atoms with van der Waals surface area (Å²) >= 11 is 1.81. The van der Waals surface area contributed by atoms with Gasteiger partial charge in [-0.1, -0.05) is 26.8 Å². The van der Waals surface area contributed by atoms with Crippen LogP contribution < -0.4 is 10.6 Å². The fourth-order valence-electron chi connectivity index (χ4n) is 1.59. The molecule has 102 valence electrons. The van der Waals surface area contributed by atoms with Crippen LogP contribution in [0.5, 0.6) is 0 Å². The molecule has 0 saturated heterocycles. The van der Waals surface area contributed by atoms with E-state index in [1.807, 2.05) is 18.4 Å². The van der Waals surface area contributed by atoms with E-state index >= 15 is 0 Å². The van der Waals surface area contributed by atoms with E-state index in [1.165, 1.54) is 4.88 Å². The van der Waals surface area contributed by atoms with Crippen molar-refractivity contribution in [3.63, 3.8) is 0 Å². The summed E-state index contributed by atoms with van der Waals surface area (Å²) in [6.07, 6.45) is 1.09. The molecule has 1 unspecified atom stereocenters. The minimum Gasteiger partial charge on any atom is -0.356 e. The van der Waals surface area contributed by atoms with Gasteiger partial charge in [0.1, 0.15) is 0 Å². The molecule has 0 fully saturated rings. The number of aliphatic imine (C=N–C) groups is 1. The third-order valence-corrected chi connectivity index (χ3v) is 4.34. The summed E-state index contributed by atoms with van der Waals surface area (Å²) in [5.41, 5.74) is 0.126. The number of rotatable bonds is 5. The lowest BCUT2D eigenvalue weighted by Crippen LogP contribution is -2.46. The summed E-state index contributed by atoms with van der Waals surface area (Å²) in [6, 6.07) is 4.74. The molecule has 0 aliphatic heterocycles. The molecule has 0 aliphatic carbocycles. The smallest absolute Gasteiger partial charge is 0.191 e. The van der Waals surface area contributed by atoms with Gasteiger partial charge in [0.2, 0.25) is 0 Å². The quantitative estimate of drug-likeness (QED) is 0.635. The summed E-state index contributed by atoms with van der Waals surface area (Å²) in [7, 11) is 1.82. The molecule has 1 atom stereocenters. The maximum Gasteiger partial charge on any atom is 0.191 e. The average molecular weight is 267 g/mol. The van der Waals surface area contributed by atoms with Crippen LogP contribution in [0.15, 0.2) is 22.5 Å². The lowest BCUT2D eigenvalue weighted by molar-refractivity contribution is 0.513. The molecule has 0 aliphatic rings. The molecule has 1 aromatic heterocycles. The molecule has 1 heterocycles. The Morgan fingerprint density at radius 3 is 2.72 bits per heavy atom. The van der Waals surface area contributed by atoms with Gasteiger partial charge in [-0.15, -0.1) is 11.3 Å². The van der Waals surface area contributed by atoms with Crippen molar-refractivity contribution in [1.29, 1.82) is 0 Å². The number of nitrogens with zero attached hydrogens (tertiary/aromatic N) is 1. The van der Waals surface area contributed by atoms with Crippen molar-refractivity contribution in [3.8, 4) is 0 Å². The molecule has 0 spiro atoms. The van der Waals surface area contributed by atoms with Gasteiger partial charge in [0, 0.05) is 29.9 Å². The van der Waals surface area contributed by atoms with Crippen LogP contribution in [0.4, 0.5) is 0 Å². The maximum absolute atomic E-state index is 4.26. The Balaban J connectivity index is 2.53. The first-order valence-electron chi connectivity index (χ1n) is 6.50. The Hall–Kier alpha value is -1.03. The molecule has 0 saturated carbocycles. The van der Waals surface area contributed by atoms with Crippen LogP contribution in [-0.2, 0) is 5.41 Å². The van der Waals surface area contributed by atoms with Crippen molar-refractivity contribution in [2.75, 3.05) is 13.6 Å². The predicted octanol–water partition coefficient (Wildman–Crippen LogP) is 2.99. The number of hydrogen-bond donors (Lipinski definition) is 2. The summed E-state index contributed by atoms with van der Waals surface area (Å²) in [6.45, 7) is 9.71. The summed E-state index contributed by atoms with van der Waals surface area (Å²) < 4.78 is 0. The van der Waals surface area contributed by atoms with Gasteiger partial charge in [-0.05, 0) is 24.8 Å². The Morgan fingerprint density at radius 2 is 2.22 bits per heavy atom. The summed E-state index contributed by atoms with van der Waals surface area (Å²) in [5.74, 6) is 0.883. The number of thiophene rings is 1. The first-order chi connectivity index (χ1) is 8.49. The molecule has 1 aromatic rings. The minimum absolute atomic E-state index is 0.126. The molecule has 18 heavy (non-hydrogen) atoms. The van der Waals surface area contributed by atoms with E-state index in [0.29, 0.717) is 6.04 Å². The number of hydrogen-bond acceptors (Lipinski definition) is 2. The molecule has 2 N–H and O–H groups in total. The molecule has 0 amide bonds. The highest BCUT2D eigenvalue weighted by Crippen LogP contribution is 2.26. The highest BCUT2D eigenvalue weighted by Gasteiger charge is 2.22. The van der Waals surface area contributed by atoms with Crippen molar-refractivity contribution in [3.05, 3.63) is 22.4 Å². The SMILES string of the molecule is CCC(C)NC(=NC)NCC(C)(C)c1cccs1. The number of guanidine groups is 1. The van der Waals surface area contributed by atoms with Crippen LogP contribution in [0.25, 0.3) is 0 Å². The van der Waals surface area contributed by atoms with Crippen molar-refractivity contribution in [2.45, 2.75) is 45.6 Å². The van der Waals surface area contributed by atoms with Gasteiger partial charge in [0.15, 0.2) is 5.96 Å². The van der Waals surface area contributed by atoms with Crippen LogP contribution in [0.3, 0.4) is 0 Å². The topological polar surface area (TPSA) is 36.4 Å². The fraction of sp³-hybridized carbons (Fsp3) is 0.643. The van der Waals surface area contributed by atoms with Crippen molar-refractivity contribution < 1.29 is 0 Å².